The first-order valence-corrected chi connectivity index (χ1v) is 8.56. The molecule has 1 saturated heterocycles. The van der Waals surface area contributed by atoms with Crippen LogP contribution in [0, 0.1) is 0 Å². The molecular weight excluding hydrogens is 316 g/mol. The van der Waals surface area contributed by atoms with Crippen molar-refractivity contribution in [1.82, 2.24) is 10.6 Å². The summed E-state index contributed by atoms with van der Waals surface area (Å²) in [6, 6.07) is 16.3. The van der Waals surface area contributed by atoms with Crippen LogP contribution in [0.3, 0.4) is 0 Å². The molecule has 1 heterocycles. The molecule has 0 radical (unpaired) electrons. The van der Waals surface area contributed by atoms with E-state index in [2.05, 4.69) is 22.8 Å². The molecule has 2 aromatic rings. The van der Waals surface area contributed by atoms with E-state index < -0.39 is 0 Å². The Hall–Kier alpha value is -2.37. The Balaban J connectivity index is 1.50. The Kier molecular flexibility index (Phi) is 6.04. The molecule has 3 rings (SSSR count). The van der Waals surface area contributed by atoms with Gasteiger partial charge in [0.2, 0.25) is 5.91 Å². The number of ether oxygens (including phenoxy) is 2. The molecule has 1 unspecified atom stereocenters. The molecule has 0 bridgehead atoms. The molecule has 1 fully saturated rings. The minimum atomic E-state index is 0.0437. The smallest absolute Gasteiger partial charge is 0.221 e. The summed E-state index contributed by atoms with van der Waals surface area (Å²) in [5.74, 6) is 0.892. The summed E-state index contributed by atoms with van der Waals surface area (Å²) in [6.07, 6.45) is 0.448. The zero-order valence-electron chi connectivity index (χ0n) is 14.5. The second kappa shape index (κ2) is 8.65. The molecule has 5 heteroatoms. The van der Waals surface area contributed by atoms with Crippen molar-refractivity contribution in [3.8, 4) is 16.9 Å². The zero-order chi connectivity index (χ0) is 17.5. The highest BCUT2D eigenvalue weighted by Crippen LogP contribution is 2.22. The third kappa shape index (κ3) is 5.05. The Bertz CT molecular complexity index is 677. The standard InChI is InChI=1S/C20H24N2O3/c1-24-19-8-6-17(7-9-19)16-4-2-15(3-5-16)13-22-20(23)12-18-14-25-11-10-21-18/h2-9,18,21H,10-14H2,1H3,(H,22,23). The lowest BCUT2D eigenvalue weighted by Gasteiger charge is -2.23. The topological polar surface area (TPSA) is 59.6 Å². The maximum atomic E-state index is 12.0. The molecule has 1 atom stereocenters. The van der Waals surface area contributed by atoms with Crippen molar-refractivity contribution in [3.05, 3.63) is 54.1 Å². The average molecular weight is 340 g/mol. The Morgan fingerprint density at radius 3 is 2.44 bits per heavy atom. The molecule has 5 nitrogen and oxygen atoms in total. The van der Waals surface area contributed by atoms with Gasteiger partial charge in [0.15, 0.2) is 0 Å². The molecule has 1 amide bonds. The van der Waals surface area contributed by atoms with E-state index in [4.69, 9.17) is 9.47 Å². The van der Waals surface area contributed by atoms with E-state index >= 15 is 0 Å². The molecule has 1 aliphatic rings. The van der Waals surface area contributed by atoms with Gasteiger partial charge in [-0.1, -0.05) is 36.4 Å². The number of amides is 1. The van der Waals surface area contributed by atoms with Gasteiger partial charge in [0, 0.05) is 25.6 Å². The number of benzene rings is 2. The summed E-state index contributed by atoms with van der Waals surface area (Å²) in [6.45, 7) is 2.67. The maximum absolute atomic E-state index is 12.0. The van der Waals surface area contributed by atoms with Gasteiger partial charge < -0.3 is 20.1 Å². The first kappa shape index (κ1) is 17.5. The van der Waals surface area contributed by atoms with Crippen molar-refractivity contribution in [1.29, 1.82) is 0 Å². The van der Waals surface area contributed by atoms with Crippen LogP contribution >= 0.6 is 0 Å². The molecule has 1 aliphatic heterocycles. The van der Waals surface area contributed by atoms with Crippen molar-refractivity contribution in [2.45, 2.75) is 19.0 Å². The first-order valence-electron chi connectivity index (χ1n) is 8.56. The van der Waals surface area contributed by atoms with Gasteiger partial charge in [0.05, 0.1) is 20.3 Å². The van der Waals surface area contributed by atoms with Crippen molar-refractivity contribution in [3.63, 3.8) is 0 Å². The van der Waals surface area contributed by atoms with Crippen molar-refractivity contribution in [2.75, 3.05) is 26.9 Å². The lowest BCUT2D eigenvalue weighted by molar-refractivity contribution is -0.122. The number of methoxy groups -OCH3 is 1. The highest BCUT2D eigenvalue weighted by molar-refractivity contribution is 5.76. The van der Waals surface area contributed by atoms with E-state index in [-0.39, 0.29) is 11.9 Å². The molecule has 2 aromatic carbocycles. The molecular formula is C20H24N2O3. The summed E-state index contributed by atoms with van der Waals surface area (Å²) >= 11 is 0. The van der Waals surface area contributed by atoms with Crippen LogP contribution in [0.4, 0.5) is 0 Å². The molecule has 0 aromatic heterocycles. The fourth-order valence-electron chi connectivity index (χ4n) is 2.85. The van der Waals surface area contributed by atoms with E-state index in [0.29, 0.717) is 19.6 Å². The Morgan fingerprint density at radius 1 is 1.16 bits per heavy atom. The zero-order valence-corrected chi connectivity index (χ0v) is 14.5. The molecule has 2 N–H and O–H groups in total. The summed E-state index contributed by atoms with van der Waals surface area (Å²) in [5, 5.41) is 6.26. The summed E-state index contributed by atoms with van der Waals surface area (Å²) in [4.78, 5) is 12.0. The quantitative estimate of drug-likeness (QED) is 0.847. The molecule has 0 aliphatic carbocycles. The van der Waals surface area contributed by atoms with E-state index in [9.17, 15) is 4.79 Å². The van der Waals surface area contributed by atoms with Gasteiger partial charge in [-0.25, -0.2) is 0 Å². The normalized spacial score (nSPS) is 17.1. The second-order valence-corrected chi connectivity index (χ2v) is 6.13. The number of hydrogen-bond acceptors (Lipinski definition) is 4. The highest BCUT2D eigenvalue weighted by Gasteiger charge is 2.16. The van der Waals surface area contributed by atoms with Crippen LogP contribution in [0.5, 0.6) is 5.75 Å². The number of hydrogen-bond donors (Lipinski definition) is 2. The van der Waals surface area contributed by atoms with Gasteiger partial charge in [0.1, 0.15) is 5.75 Å². The van der Waals surface area contributed by atoms with Crippen LogP contribution in [-0.4, -0.2) is 38.8 Å². The third-order valence-corrected chi connectivity index (χ3v) is 4.30. The minimum absolute atomic E-state index is 0.0437. The number of nitrogens with one attached hydrogen (secondary N) is 2. The first-order chi connectivity index (χ1) is 12.2. The third-order valence-electron chi connectivity index (χ3n) is 4.30. The predicted octanol–water partition coefficient (Wildman–Crippen LogP) is 2.36. The highest BCUT2D eigenvalue weighted by atomic mass is 16.5. The van der Waals surface area contributed by atoms with Gasteiger partial charge in [0.25, 0.3) is 0 Å². The van der Waals surface area contributed by atoms with E-state index in [1.165, 1.54) is 0 Å². The number of morpholine rings is 1. The largest absolute Gasteiger partial charge is 0.497 e. The number of rotatable bonds is 6. The summed E-state index contributed by atoms with van der Waals surface area (Å²) in [5.41, 5.74) is 3.36. The van der Waals surface area contributed by atoms with Gasteiger partial charge in [-0.15, -0.1) is 0 Å². The Morgan fingerprint density at radius 2 is 1.84 bits per heavy atom. The van der Waals surface area contributed by atoms with Crippen LogP contribution in [0.15, 0.2) is 48.5 Å². The van der Waals surface area contributed by atoms with Crippen molar-refractivity contribution >= 4 is 5.91 Å². The van der Waals surface area contributed by atoms with Crippen molar-refractivity contribution < 1.29 is 14.3 Å². The molecule has 0 saturated carbocycles. The van der Waals surface area contributed by atoms with Crippen LogP contribution in [0.2, 0.25) is 0 Å². The molecule has 132 valence electrons. The number of carbonyl (C=O) groups is 1. The lowest BCUT2D eigenvalue weighted by Crippen LogP contribution is -2.44. The second-order valence-electron chi connectivity index (χ2n) is 6.13. The predicted molar refractivity (Wildman–Crippen MR) is 97.5 cm³/mol. The van der Waals surface area contributed by atoms with E-state index in [0.717, 1.165) is 35.6 Å². The average Bonchev–Trinajstić information content (AvgIpc) is 2.68. The molecule has 25 heavy (non-hydrogen) atoms. The Labute approximate surface area is 148 Å². The van der Waals surface area contributed by atoms with Gasteiger partial charge >= 0.3 is 0 Å². The molecule has 0 spiro atoms. The van der Waals surface area contributed by atoms with Gasteiger partial charge in [-0.2, -0.15) is 0 Å². The van der Waals surface area contributed by atoms with Crippen LogP contribution < -0.4 is 15.4 Å². The summed E-state index contributed by atoms with van der Waals surface area (Å²) in [7, 11) is 1.66. The van der Waals surface area contributed by atoms with Gasteiger partial charge in [-0.3, -0.25) is 4.79 Å². The fourth-order valence-corrected chi connectivity index (χ4v) is 2.85. The van der Waals surface area contributed by atoms with E-state index in [1.807, 2.05) is 36.4 Å². The van der Waals surface area contributed by atoms with E-state index in [1.54, 1.807) is 7.11 Å². The monoisotopic (exact) mass is 340 g/mol. The van der Waals surface area contributed by atoms with Crippen molar-refractivity contribution in [2.24, 2.45) is 0 Å². The van der Waals surface area contributed by atoms with Crippen LogP contribution in [0.25, 0.3) is 11.1 Å². The summed E-state index contributed by atoms with van der Waals surface area (Å²) < 4.78 is 10.5. The number of carbonyl (C=O) groups excluding carboxylic acids is 1. The van der Waals surface area contributed by atoms with Crippen LogP contribution in [-0.2, 0) is 16.1 Å². The maximum Gasteiger partial charge on any atom is 0.221 e. The van der Waals surface area contributed by atoms with Crippen LogP contribution in [0.1, 0.15) is 12.0 Å². The lowest BCUT2D eigenvalue weighted by atomic mass is 10.0. The fraction of sp³-hybridized carbons (Fsp3) is 0.350. The minimum Gasteiger partial charge on any atom is -0.497 e. The SMILES string of the molecule is COc1ccc(-c2ccc(CNC(=O)CC3COCCN3)cc2)cc1. The van der Waals surface area contributed by atoms with Gasteiger partial charge in [-0.05, 0) is 28.8 Å².